The second kappa shape index (κ2) is 7.08. The molecule has 5 nitrogen and oxygen atoms in total. The summed E-state index contributed by atoms with van der Waals surface area (Å²) in [7, 11) is 0. The van der Waals surface area contributed by atoms with Gasteiger partial charge < -0.3 is 5.32 Å². The summed E-state index contributed by atoms with van der Waals surface area (Å²) in [4.78, 5) is 24.4. The predicted octanol–water partition coefficient (Wildman–Crippen LogP) is 2.06. The summed E-state index contributed by atoms with van der Waals surface area (Å²) in [6.07, 6.45) is 2.37. The zero-order valence-electron chi connectivity index (χ0n) is 13.5. The molecule has 1 aromatic heterocycles. The molecule has 0 aliphatic rings. The number of aromatic nitrogens is 2. The molecule has 3 rings (SSSR count). The molecule has 122 valence electrons. The zero-order chi connectivity index (χ0) is 16.9. The van der Waals surface area contributed by atoms with E-state index in [1.54, 1.807) is 18.3 Å². The molecule has 0 radical (unpaired) electrons. The van der Waals surface area contributed by atoms with Gasteiger partial charge in [0, 0.05) is 11.9 Å². The lowest BCUT2D eigenvalue weighted by Gasteiger charge is -2.09. The molecular formula is C19H19N3O2. The van der Waals surface area contributed by atoms with E-state index in [1.165, 1.54) is 15.8 Å². The molecule has 0 aliphatic heterocycles. The Balaban J connectivity index is 1.62. The van der Waals surface area contributed by atoms with E-state index < -0.39 is 0 Å². The van der Waals surface area contributed by atoms with Crippen molar-refractivity contribution in [2.45, 2.75) is 19.9 Å². The lowest BCUT2D eigenvalue weighted by atomic mass is 10.1. The number of hydrogen-bond acceptors (Lipinski definition) is 3. The second-order valence-electron chi connectivity index (χ2n) is 5.72. The molecule has 1 heterocycles. The van der Waals surface area contributed by atoms with Crippen molar-refractivity contribution in [1.82, 2.24) is 15.1 Å². The van der Waals surface area contributed by atoms with Crippen LogP contribution in [0.4, 0.5) is 0 Å². The minimum Gasteiger partial charge on any atom is -0.354 e. The van der Waals surface area contributed by atoms with Crippen LogP contribution in [-0.4, -0.2) is 22.2 Å². The number of carbonyl (C=O) groups is 1. The first kappa shape index (κ1) is 15.9. The fourth-order valence-electron chi connectivity index (χ4n) is 2.66. The van der Waals surface area contributed by atoms with E-state index in [-0.39, 0.29) is 18.0 Å². The first-order valence-electron chi connectivity index (χ1n) is 7.91. The van der Waals surface area contributed by atoms with Crippen LogP contribution in [0.3, 0.4) is 0 Å². The summed E-state index contributed by atoms with van der Waals surface area (Å²) in [5.74, 6) is -0.214. The van der Waals surface area contributed by atoms with Gasteiger partial charge in [-0.2, -0.15) is 5.10 Å². The van der Waals surface area contributed by atoms with E-state index >= 15 is 0 Å². The summed E-state index contributed by atoms with van der Waals surface area (Å²) in [5.41, 5.74) is 2.17. The molecule has 0 saturated heterocycles. The predicted molar refractivity (Wildman–Crippen MR) is 93.9 cm³/mol. The molecule has 2 aromatic carbocycles. The van der Waals surface area contributed by atoms with Gasteiger partial charge in [0.15, 0.2) is 0 Å². The zero-order valence-corrected chi connectivity index (χ0v) is 13.5. The van der Waals surface area contributed by atoms with Gasteiger partial charge in [0.05, 0.1) is 11.6 Å². The quantitative estimate of drug-likeness (QED) is 0.782. The van der Waals surface area contributed by atoms with Crippen molar-refractivity contribution in [1.29, 1.82) is 0 Å². The monoisotopic (exact) mass is 321 g/mol. The summed E-state index contributed by atoms with van der Waals surface area (Å²) in [6.45, 7) is 2.51. The van der Waals surface area contributed by atoms with Crippen molar-refractivity contribution in [3.8, 4) is 0 Å². The van der Waals surface area contributed by atoms with Crippen LogP contribution in [0.5, 0.6) is 0 Å². The Morgan fingerprint density at radius 3 is 2.71 bits per heavy atom. The summed E-state index contributed by atoms with van der Waals surface area (Å²) >= 11 is 0. The van der Waals surface area contributed by atoms with Gasteiger partial charge in [0.2, 0.25) is 5.91 Å². The molecule has 0 atom stereocenters. The Morgan fingerprint density at radius 1 is 1.12 bits per heavy atom. The molecule has 0 bridgehead atoms. The number of fused-ring (bicyclic) bond motifs is 1. The molecule has 24 heavy (non-hydrogen) atoms. The van der Waals surface area contributed by atoms with Crippen LogP contribution in [0.15, 0.2) is 59.5 Å². The van der Waals surface area contributed by atoms with Crippen molar-refractivity contribution in [2.75, 3.05) is 6.54 Å². The highest BCUT2D eigenvalue weighted by Gasteiger charge is 2.08. The molecule has 0 spiro atoms. The Morgan fingerprint density at radius 2 is 1.88 bits per heavy atom. The number of benzene rings is 2. The Labute approximate surface area is 139 Å². The normalized spacial score (nSPS) is 10.7. The molecule has 0 fully saturated rings. The van der Waals surface area contributed by atoms with Crippen LogP contribution < -0.4 is 10.9 Å². The highest BCUT2D eigenvalue weighted by atomic mass is 16.2. The van der Waals surface area contributed by atoms with Gasteiger partial charge in [-0.1, -0.05) is 42.5 Å². The summed E-state index contributed by atoms with van der Waals surface area (Å²) in [6, 6.07) is 15.3. The van der Waals surface area contributed by atoms with Crippen LogP contribution in [0.2, 0.25) is 0 Å². The van der Waals surface area contributed by atoms with E-state index in [4.69, 9.17) is 0 Å². The van der Waals surface area contributed by atoms with Gasteiger partial charge in [-0.3, -0.25) is 9.59 Å². The number of hydrogen-bond donors (Lipinski definition) is 1. The van der Waals surface area contributed by atoms with Gasteiger partial charge in [-0.15, -0.1) is 0 Å². The smallest absolute Gasteiger partial charge is 0.275 e. The van der Waals surface area contributed by atoms with Crippen molar-refractivity contribution in [2.24, 2.45) is 0 Å². The van der Waals surface area contributed by atoms with Crippen molar-refractivity contribution >= 4 is 16.7 Å². The fourth-order valence-corrected chi connectivity index (χ4v) is 2.66. The van der Waals surface area contributed by atoms with E-state index in [0.717, 1.165) is 11.8 Å². The topological polar surface area (TPSA) is 64.0 Å². The SMILES string of the molecule is Cc1ccccc1CCNC(=O)Cn1ncc2ccccc2c1=O. The number of nitrogens with zero attached hydrogens (tertiary/aromatic N) is 2. The number of aryl methyl sites for hydroxylation is 1. The third kappa shape index (κ3) is 3.51. The highest BCUT2D eigenvalue weighted by Crippen LogP contribution is 2.07. The third-order valence-corrected chi connectivity index (χ3v) is 4.03. The molecule has 1 amide bonds. The molecule has 0 unspecified atom stereocenters. The van der Waals surface area contributed by atoms with Crippen LogP contribution in [-0.2, 0) is 17.8 Å². The minimum atomic E-state index is -0.248. The molecular weight excluding hydrogens is 302 g/mol. The molecule has 0 aliphatic carbocycles. The standard InChI is InChI=1S/C19H19N3O2/c1-14-6-2-3-7-15(14)10-11-20-18(23)13-22-19(24)17-9-5-4-8-16(17)12-21-22/h2-9,12H,10-11,13H2,1H3,(H,20,23). The Bertz CT molecular complexity index is 931. The minimum absolute atomic E-state index is 0.0720. The van der Waals surface area contributed by atoms with Crippen LogP contribution in [0.25, 0.3) is 10.8 Å². The molecule has 5 heteroatoms. The van der Waals surface area contributed by atoms with Gasteiger partial charge in [0.25, 0.3) is 5.56 Å². The summed E-state index contributed by atoms with van der Waals surface area (Å²) < 4.78 is 1.20. The lowest BCUT2D eigenvalue weighted by Crippen LogP contribution is -2.34. The Hall–Kier alpha value is -2.95. The van der Waals surface area contributed by atoms with Gasteiger partial charge in [-0.25, -0.2) is 4.68 Å². The van der Waals surface area contributed by atoms with Gasteiger partial charge in [0.1, 0.15) is 6.54 Å². The first-order valence-corrected chi connectivity index (χ1v) is 7.91. The van der Waals surface area contributed by atoms with Crippen molar-refractivity contribution < 1.29 is 4.79 Å². The number of nitrogens with one attached hydrogen (secondary N) is 1. The molecule has 0 saturated carbocycles. The van der Waals surface area contributed by atoms with Crippen LogP contribution in [0.1, 0.15) is 11.1 Å². The average molecular weight is 321 g/mol. The number of carbonyl (C=O) groups excluding carboxylic acids is 1. The maximum atomic E-state index is 12.3. The van der Waals surface area contributed by atoms with E-state index in [1.807, 2.05) is 24.3 Å². The highest BCUT2D eigenvalue weighted by molar-refractivity contribution is 5.81. The van der Waals surface area contributed by atoms with E-state index in [9.17, 15) is 9.59 Å². The lowest BCUT2D eigenvalue weighted by molar-refractivity contribution is -0.121. The average Bonchev–Trinajstić information content (AvgIpc) is 2.59. The number of amides is 1. The van der Waals surface area contributed by atoms with Crippen LogP contribution in [0, 0.1) is 6.92 Å². The summed E-state index contributed by atoms with van der Waals surface area (Å²) in [5, 5.41) is 8.26. The molecule has 1 N–H and O–H groups in total. The maximum absolute atomic E-state index is 12.3. The first-order chi connectivity index (χ1) is 11.6. The van der Waals surface area contributed by atoms with Crippen molar-refractivity contribution in [3.63, 3.8) is 0 Å². The molecule has 3 aromatic rings. The van der Waals surface area contributed by atoms with E-state index in [0.29, 0.717) is 11.9 Å². The Kier molecular flexibility index (Phi) is 4.70. The fraction of sp³-hybridized carbons (Fsp3) is 0.211. The largest absolute Gasteiger partial charge is 0.354 e. The van der Waals surface area contributed by atoms with E-state index in [2.05, 4.69) is 29.5 Å². The number of rotatable bonds is 5. The maximum Gasteiger partial charge on any atom is 0.275 e. The third-order valence-electron chi connectivity index (χ3n) is 4.03. The van der Waals surface area contributed by atoms with Gasteiger partial charge in [-0.05, 0) is 30.5 Å². The van der Waals surface area contributed by atoms with Gasteiger partial charge >= 0.3 is 0 Å². The second-order valence-corrected chi connectivity index (χ2v) is 5.72. The van der Waals surface area contributed by atoms with Crippen LogP contribution >= 0.6 is 0 Å². The van der Waals surface area contributed by atoms with Crippen molar-refractivity contribution in [3.05, 3.63) is 76.2 Å².